The predicted octanol–water partition coefficient (Wildman–Crippen LogP) is 5.03. The number of ether oxygens (including phenoxy) is 1. The molecule has 6 nitrogen and oxygen atoms in total. The van der Waals surface area contributed by atoms with Gasteiger partial charge in [0.25, 0.3) is 5.91 Å². The molecule has 0 fully saturated rings. The summed E-state index contributed by atoms with van der Waals surface area (Å²) >= 11 is 6.17. The van der Waals surface area contributed by atoms with Crippen LogP contribution in [0.15, 0.2) is 74.5 Å². The molecule has 0 radical (unpaired) electrons. The number of fused-ring (bicyclic) bond motifs is 1. The molecule has 0 aliphatic rings. The second-order valence-corrected chi connectivity index (χ2v) is 6.77. The molecule has 0 saturated carbocycles. The number of carbonyl (C=O) groups excluding carboxylic acids is 1. The van der Waals surface area contributed by atoms with Crippen LogP contribution in [-0.4, -0.2) is 12.5 Å². The van der Waals surface area contributed by atoms with Crippen molar-refractivity contribution in [2.45, 2.75) is 6.92 Å². The van der Waals surface area contributed by atoms with Gasteiger partial charge in [-0.1, -0.05) is 29.8 Å². The third kappa shape index (κ3) is 3.88. The number of rotatable bonds is 5. The number of anilines is 1. The van der Waals surface area contributed by atoms with Gasteiger partial charge < -0.3 is 18.9 Å². The van der Waals surface area contributed by atoms with Gasteiger partial charge in [0.05, 0.1) is 11.6 Å². The van der Waals surface area contributed by atoms with Crippen molar-refractivity contribution in [2.24, 2.45) is 0 Å². The highest BCUT2D eigenvalue weighted by Crippen LogP contribution is 2.33. The lowest BCUT2D eigenvalue weighted by molar-refractivity contribution is -0.118. The van der Waals surface area contributed by atoms with Crippen molar-refractivity contribution in [1.82, 2.24) is 0 Å². The van der Waals surface area contributed by atoms with Crippen LogP contribution in [0.4, 0.5) is 5.69 Å². The SMILES string of the molecule is Cc1cc2oc(-c3ccco3)c(OCC(=O)Nc3ccccc3)c(=O)c2cc1Cl. The second-order valence-electron chi connectivity index (χ2n) is 6.37. The van der Waals surface area contributed by atoms with Gasteiger partial charge in [-0.2, -0.15) is 0 Å². The van der Waals surface area contributed by atoms with Crippen molar-refractivity contribution in [3.63, 3.8) is 0 Å². The van der Waals surface area contributed by atoms with Crippen LogP contribution in [0.25, 0.3) is 22.5 Å². The van der Waals surface area contributed by atoms with E-state index in [9.17, 15) is 9.59 Å². The maximum absolute atomic E-state index is 13.1. The number of benzene rings is 2. The summed E-state index contributed by atoms with van der Waals surface area (Å²) in [7, 11) is 0. The van der Waals surface area contributed by atoms with Crippen molar-refractivity contribution < 1.29 is 18.4 Å². The van der Waals surface area contributed by atoms with Crippen LogP contribution in [0.1, 0.15) is 5.56 Å². The number of amides is 1. The van der Waals surface area contributed by atoms with Gasteiger partial charge in [0.1, 0.15) is 5.58 Å². The molecule has 0 aliphatic carbocycles. The number of carbonyl (C=O) groups is 1. The first kappa shape index (κ1) is 18.8. The van der Waals surface area contributed by atoms with Gasteiger partial charge in [0, 0.05) is 10.7 Å². The Morgan fingerprint density at radius 1 is 1.14 bits per heavy atom. The lowest BCUT2D eigenvalue weighted by Gasteiger charge is -2.11. The Morgan fingerprint density at radius 3 is 2.66 bits per heavy atom. The van der Waals surface area contributed by atoms with E-state index < -0.39 is 11.3 Å². The zero-order valence-electron chi connectivity index (χ0n) is 15.4. The Balaban J connectivity index is 1.71. The lowest BCUT2D eigenvalue weighted by Crippen LogP contribution is -2.22. The first-order chi connectivity index (χ1) is 14.0. The molecule has 146 valence electrons. The lowest BCUT2D eigenvalue weighted by atomic mass is 10.1. The van der Waals surface area contributed by atoms with Gasteiger partial charge in [0.2, 0.25) is 16.9 Å². The van der Waals surface area contributed by atoms with Crippen LogP contribution < -0.4 is 15.5 Å². The summed E-state index contributed by atoms with van der Waals surface area (Å²) in [5, 5.41) is 3.39. The molecular weight excluding hydrogens is 394 g/mol. The summed E-state index contributed by atoms with van der Waals surface area (Å²) in [6.45, 7) is 1.44. The number of hydrogen-bond acceptors (Lipinski definition) is 5. The van der Waals surface area contributed by atoms with Gasteiger partial charge in [-0.05, 0) is 48.9 Å². The largest absolute Gasteiger partial charge is 0.476 e. The van der Waals surface area contributed by atoms with E-state index in [1.54, 1.807) is 42.5 Å². The van der Waals surface area contributed by atoms with E-state index in [2.05, 4.69) is 5.32 Å². The van der Waals surface area contributed by atoms with E-state index in [1.807, 2.05) is 13.0 Å². The monoisotopic (exact) mass is 409 g/mol. The van der Waals surface area contributed by atoms with Crippen molar-refractivity contribution in [3.05, 3.63) is 81.7 Å². The van der Waals surface area contributed by atoms with Gasteiger partial charge in [0.15, 0.2) is 12.4 Å². The average Bonchev–Trinajstić information content (AvgIpc) is 3.24. The molecule has 1 N–H and O–H groups in total. The van der Waals surface area contributed by atoms with E-state index in [1.165, 1.54) is 12.3 Å². The molecule has 0 saturated heterocycles. The van der Waals surface area contributed by atoms with Crippen molar-refractivity contribution in [3.8, 4) is 17.3 Å². The molecule has 1 amide bonds. The summed E-state index contributed by atoms with van der Waals surface area (Å²) in [6.07, 6.45) is 1.46. The zero-order valence-corrected chi connectivity index (χ0v) is 16.2. The highest BCUT2D eigenvalue weighted by atomic mass is 35.5. The van der Waals surface area contributed by atoms with E-state index >= 15 is 0 Å². The van der Waals surface area contributed by atoms with Gasteiger partial charge in [-0.3, -0.25) is 9.59 Å². The van der Waals surface area contributed by atoms with E-state index in [-0.39, 0.29) is 23.5 Å². The molecule has 7 heteroatoms. The number of furan rings is 1. The molecule has 0 aliphatic heterocycles. The van der Waals surface area contributed by atoms with Crippen molar-refractivity contribution in [1.29, 1.82) is 0 Å². The standard InChI is InChI=1S/C22H16ClNO5/c1-13-10-18-15(11-16(13)23)20(26)22(21(29-18)17-8-5-9-27-17)28-12-19(25)24-14-6-3-2-4-7-14/h2-11H,12H2,1H3,(H,24,25). The zero-order chi connectivity index (χ0) is 20.4. The number of aryl methyl sites for hydroxylation is 1. The first-order valence-electron chi connectivity index (χ1n) is 8.81. The van der Waals surface area contributed by atoms with Gasteiger partial charge in [-0.15, -0.1) is 0 Å². The minimum atomic E-state index is -0.438. The minimum Gasteiger partial charge on any atom is -0.476 e. The average molecular weight is 410 g/mol. The fraction of sp³-hybridized carbons (Fsp3) is 0.0909. The Labute approximate surface area is 170 Å². The van der Waals surface area contributed by atoms with E-state index in [0.29, 0.717) is 22.1 Å². The highest BCUT2D eigenvalue weighted by Gasteiger charge is 2.21. The molecular formula is C22H16ClNO5. The highest BCUT2D eigenvalue weighted by molar-refractivity contribution is 6.32. The number of hydrogen-bond donors (Lipinski definition) is 1. The summed E-state index contributed by atoms with van der Waals surface area (Å²) < 4.78 is 16.9. The Morgan fingerprint density at radius 2 is 1.93 bits per heavy atom. The second kappa shape index (κ2) is 7.85. The third-order valence-electron chi connectivity index (χ3n) is 4.28. The quantitative estimate of drug-likeness (QED) is 0.499. The smallest absolute Gasteiger partial charge is 0.262 e. The van der Waals surface area contributed by atoms with Gasteiger partial charge in [-0.25, -0.2) is 0 Å². The molecule has 0 atom stereocenters. The van der Waals surface area contributed by atoms with Crippen LogP contribution >= 0.6 is 11.6 Å². The molecule has 29 heavy (non-hydrogen) atoms. The maximum Gasteiger partial charge on any atom is 0.262 e. The summed E-state index contributed by atoms with van der Waals surface area (Å²) in [6, 6.07) is 15.5. The maximum atomic E-state index is 13.1. The van der Waals surface area contributed by atoms with Crippen LogP contribution in [0, 0.1) is 6.92 Å². The minimum absolute atomic E-state index is 0.113. The summed E-state index contributed by atoms with van der Waals surface area (Å²) in [5.74, 6) is -0.101. The molecule has 2 heterocycles. The Hall–Kier alpha value is -3.51. The number of nitrogens with one attached hydrogen (secondary N) is 1. The van der Waals surface area contributed by atoms with Crippen LogP contribution in [0.2, 0.25) is 5.02 Å². The van der Waals surface area contributed by atoms with Crippen LogP contribution in [0.5, 0.6) is 5.75 Å². The number of para-hydroxylation sites is 1. The number of halogens is 1. The summed E-state index contributed by atoms with van der Waals surface area (Å²) in [5.41, 5.74) is 1.31. The Bertz CT molecular complexity index is 1230. The van der Waals surface area contributed by atoms with Crippen molar-refractivity contribution >= 4 is 34.2 Å². The van der Waals surface area contributed by atoms with Crippen LogP contribution in [-0.2, 0) is 4.79 Å². The predicted molar refractivity (Wildman–Crippen MR) is 110 cm³/mol. The molecule has 0 unspecified atom stereocenters. The first-order valence-corrected chi connectivity index (χ1v) is 9.19. The molecule has 0 spiro atoms. The molecule has 2 aromatic carbocycles. The van der Waals surface area contributed by atoms with Gasteiger partial charge >= 0.3 is 0 Å². The van der Waals surface area contributed by atoms with E-state index in [4.69, 9.17) is 25.2 Å². The molecule has 4 rings (SSSR count). The topological polar surface area (TPSA) is 81.7 Å². The fourth-order valence-electron chi connectivity index (χ4n) is 2.86. The normalized spacial score (nSPS) is 10.8. The molecule has 4 aromatic rings. The third-order valence-corrected chi connectivity index (χ3v) is 4.69. The Kier molecular flexibility index (Phi) is 5.10. The van der Waals surface area contributed by atoms with Crippen LogP contribution in [0.3, 0.4) is 0 Å². The summed E-state index contributed by atoms with van der Waals surface area (Å²) in [4.78, 5) is 25.3. The molecule has 2 aromatic heterocycles. The van der Waals surface area contributed by atoms with Crippen molar-refractivity contribution in [2.75, 3.05) is 11.9 Å². The fourth-order valence-corrected chi connectivity index (χ4v) is 3.02. The molecule has 0 bridgehead atoms. The van der Waals surface area contributed by atoms with E-state index in [0.717, 1.165) is 5.56 Å².